The maximum absolute atomic E-state index is 12.8. The van der Waals surface area contributed by atoms with E-state index in [0.29, 0.717) is 23.0 Å². The Hall–Kier alpha value is -1.97. The Labute approximate surface area is 162 Å². The molecule has 0 unspecified atom stereocenters. The van der Waals surface area contributed by atoms with Crippen LogP contribution in [0.4, 0.5) is 9.93 Å². The van der Waals surface area contributed by atoms with Crippen LogP contribution in [-0.4, -0.2) is 36.3 Å². The van der Waals surface area contributed by atoms with Crippen LogP contribution in [0.1, 0.15) is 36.3 Å². The normalized spacial score (nSPS) is 18.2. The average Bonchev–Trinajstić information content (AvgIpc) is 3.30. The van der Waals surface area contributed by atoms with Crippen LogP contribution in [0.3, 0.4) is 0 Å². The minimum Gasteiger partial charge on any atom is -0.335 e. The highest BCUT2D eigenvalue weighted by Crippen LogP contribution is 2.31. The molecule has 4 rings (SSSR count). The van der Waals surface area contributed by atoms with Gasteiger partial charge in [-0.1, -0.05) is 42.4 Å². The molecule has 0 saturated heterocycles. The van der Waals surface area contributed by atoms with Crippen molar-refractivity contribution in [2.45, 2.75) is 49.6 Å². The van der Waals surface area contributed by atoms with Gasteiger partial charge in [0.1, 0.15) is 0 Å². The Morgan fingerprint density at radius 2 is 1.93 bits per heavy atom. The minimum atomic E-state index is -3.52. The van der Waals surface area contributed by atoms with Gasteiger partial charge in [-0.25, -0.2) is 18.2 Å². The number of sulfonamides is 1. The molecule has 1 aromatic carbocycles. The van der Waals surface area contributed by atoms with E-state index >= 15 is 0 Å². The molecule has 2 amide bonds. The van der Waals surface area contributed by atoms with Gasteiger partial charge in [0.15, 0.2) is 5.13 Å². The summed E-state index contributed by atoms with van der Waals surface area (Å²) in [4.78, 5) is 17.8. The molecule has 2 N–H and O–H groups in total. The zero-order valence-corrected chi connectivity index (χ0v) is 16.5. The molecule has 0 bridgehead atoms. The summed E-state index contributed by atoms with van der Waals surface area (Å²) in [7, 11) is -3.52. The van der Waals surface area contributed by atoms with Gasteiger partial charge < -0.3 is 5.32 Å². The van der Waals surface area contributed by atoms with Gasteiger partial charge in [0.05, 0.1) is 17.1 Å². The summed E-state index contributed by atoms with van der Waals surface area (Å²) < 4.78 is 27.1. The van der Waals surface area contributed by atoms with Crippen LogP contribution in [-0.2, 0) is 23.0 Å². The van der Waals surface area contributed by atoms with Gasteiger partial charge in [-0.15, -0.1) is 0 Å². The number of amides is 2. The van der Waals surface area contributed by atoms with Crippen LogP contribution in [0.5, 0.6) is 0 Å². The standard InChI is InChI=1S/C18H22N4O3S2/c23-17(19-13-6-4-5-7-13)21-18-20-15-10-11-22(12-16(15)26-18)27(24,25)14-8-2-1-3-9-14/h1-3,8-9,13H,4-7,10-12H2,(H2,19,20,21,23). The van der Waals surface area contributed by atoms with E-state index in [2.05, 4.69) is 15.6 Å². The summed E-state index contributed by atoms with van der Waals surface area (Å²) >= 11 is 1.35. The summed E-state index contributed by atoms with van der Waals surface area (Å²) in [6, 6.07) is 8.47. The van der Waals surface area contributed by atoms with Crippen LogP contribution in [0.15, 0.2) is 35.2 Å². The largest absolute Gasteiger partial charge is 0.335 e. The molecule has 1 aliphatic carbocycles. The summed E-state index contributed by atoms with van der Waals surface area (Å²) in [6.07, 6.45) is 4.90. The number of thiazole rings is 1. The van der Waals surface area contributed by atoms with Crippen molar-refractivity contribution in [1.29, 1.82) is 0 Å². The maximum atomic E-state index is 12.8. The second-order valence-electron chi connectivity index (χ2n) is 6.87. The SMILES string of the molecule is O=C(Nc1nc2c(s1)CN(S(=O)(=O)c1ccccc1)CC2)NC1CCCC1. The lowest BCUT2D eigenvalue weighted by Gasteiger charge is -2.25. The van der Waals surface area contributed by atoms with Crippen molar-refractivity contribution in [2.24, 2.45) is 0 Å². The first kappa shape index (κ1) is 18.4. The Kier molecular flexibility index (Phi) is 5.16. The molecular weight excluding hydrogens is 384 g/mol. The van der Waals surface area contributed by atoms with E-state index in [4.69, 9.17) is 0 Å². The first-order chi connectivity index (χ1) is 13.0. The third-order valence-electron chi connectivity index (χ3n) is 4.99. The Bertz CT molecular complexity index is 921. The third-order valence-corrected chi connectivity index (χ3v) is 7.85. The molecule has 144 valence electrons. The van der Waals surface area contributed by atoms with Crippen LogP contribution >= 0.6 is 11.3 Å². The molecule has 1 aliphatic heterocycles. The fourth-order valence-electron chi connectivity index (χ4n) is 3.56. The molecule has 2 aromatic rings. The monoisotopic (exact) mass is 406 g/mol. The third kappa shape index (κ3) is 3.99. The number of nitrogens with one attached hydrogen (secondary N) is 2. The fourth-order valence-corrected chi connectivity index (χ4v) is 6.09. The number of benzene rings is 1. The zero-order chi connectivity index (χ0) is 18.9. The zero-order valence-electron chi connectivity index (χ0n) is 14.8. The van der Waals surface area contributed by atoms with E-state index in [1.54, 1.807) is 30.3 Å². The predicted molar refractivity (Wildman–Crippen MR) is 104 cm³/mol. The van der Waals surface area contributed by atoms with Crippen molar-refractivity contribution < 1.29 is 13.2 Å². The maximum Gasteiger partial charge on any atom is 0.321 e. The van der Waals surface area contributed by atoms with Crippen molar-refractivity contribution >= 4 is 32.5 Å². The number of hydrogen-bond acceptors (Lipinski definition) is 5. The Balaban J connectivity index is 1.44. The average molecular weight is 407 g/mol. The highest BCUT2D eigenvalue weighted by molar-refractivity contribution is 7.89. The lowest BCUT2D eigenvalue weighted by atomic mass is 10.2. The predicted octanol–water partition coefficient (Wildman–Crippen LogP) is 2.95. The van der Waals surface area contributed by atoms with Gasteiger partial charge in [-0.3, -0.25) is 5.32 Å². The number of urea groups is 1. The highest BCUT2D eigenvalue weighted by Gasteiger charge is 2.30. The molecule has 0 radical (unpaired) electrons. The van der Waals surface area contributed by atoms with Crippen molar-refractivity contribution in [2.75, 3.05) is 11.9 Å². The molecule has 27 heavy (non-hydrogen) atoms. The van der Waals surface area contributed by atoms with Crippen LogP contribution < -0.4 is 10.6 Å². The van der Waals surface area contributed by atoms with Gasteiger partial charge in [0.25, 0.3) is 0 Å². The number of carbonyl (C=O) groups excluding carboxylic acids is 1. The van der Waals surface area contributed by atoms with E-state index < -0.39 is 10.0 Å². The highest BCUT2D eigenvalue weighted by atomic mass is 32.2. The molecule has 0 atom stereocenters. The number of aromatic nitrogens is 1. The fraction of sp³-hybridized carbons (Fsp3) is 0.444. The lowest BCUT2D eigenvalue weighted by Crippen LogP contribution is -2.36. The first-order valence-electron chi connectivity index (χ1n) is 9.14. The quantitative estimate of drug-likeness (QED) is 0.817. The number of carbonyl (C=O) groups is 1. The van der Waals surface area contributed by atoms with Crippen LogP contribution in [0.25, 0.3) is 0 Å². The molecule has 2 heterocycles. The Morgan fingerprint density at radius 1 is 1.19 bits per heavy atom. The van der Waals surface area contributed by atoms with Gasteiger partial charge >= 0.3 is 6.03 Å². The van der Waals surface area contributed by atoms with Crippen molar-refractivity contribution in [1.82, 2.24) is 14.6 Å². The van der Waals surface area contributed by atoms with Gasteiger partial charge in [-0.2, -0.15) is 4.31 Å². The van der Waals surface area contributed by atoms with E-state index in [1.165, 1.54) is 15.6 Å². The molecular formula is C18H22N4O3S2. The lowest BCUT2D eigenvalue weighted by molar-refractivity contribution is 0.248. The molecule has 1 fully saturated rings. The molecule has 9 heteroatoms. The Morgan fingerprint density at radius 3 is 2.67 bits per heavy atom. The number of hydrogen-bond donors (Lipinski definition) is 2. The topological polar surface area (TPSA) is 91.4 Å². The molecule has 2 aliphatic rings. The number of nitrogens with zero attached hydrogens (tertiary/aromatic N) is 2. The second kappa shape index (κ2) is 7.57. The van der Waals surface area contributed by atoms with Crippen LogP contribution in [0.2, 0.25) is 0 Å². The summed E-state index contributed by atoms with van der Waals surface area (Å²) in [5, 5.41) is 6.30. The van der Waals surface area contributed by atoms with Crippen LogP contribution in [0, 0.1) is 0 Å². The second-order valence-corrected chi connectivity index (χ2v) is 9.89. The summed E-state index contributed by atoms with van der Waals surface area (Å²) in [5.74, 6) is 0. The molecule has 1 saturated carbocycles. The van der Waals surface area contributed by atoms with Crippen molar-refractivity contribution in [3.05, 3.63) is 40.9 Å². The van der Waals surface area contributed by atoms with E-state index in [-0.39, 0.29) is 18.6 Å². The molecule has 1 aromatic heterocycles. The van der Waals surface area contributed by atoms with Gasteiger partial charge in [0, 0.05) is 23.9 Å². The van der Waals surface area contributed by atoms with Crippen molar-refractivity contribution in [3.8, 4) is 0 Å². The summed E-state index contributed by atoms with van der Waals surface area (Å²) in [5.41, 5.74) is 0.871. The van der Waals surface area contributed by atoms with E-state index in [1.807, 2.05) is 0 Å². The number of anilines is 1. The number of fused-ring (bicyclic) bond motifs is 1. The molecule has 7 nitrogen and oxygen atoms in total. The molecule has 0 spiro atoms. The minimum absolute atomic E-state index is 0.234. The summed E-state index contributed by atoms with van der Waals surface area (Å²) in [6.45, 7) is 0.678. The van der Waals surface area contributed by atoms with E-state index in [9.17, 15) is 13.2 Å². The van der Waals surface area contributed by atoms with Gasteiger partial charge in [-0.05, 0) is 25.0 Å². The first-order valence-corrected chi connectivity index (χ1v) is 11.4. The van der Waals surface area contributed by atoms with E-state index in [0.717, 1.165) is 36.3 Å². The van der Waals surface area contributed by atoms with Gasteiger partial charge in [0.2, 0.25) is 10.0 Å². The number of rotatable bonds is 4. The van der Waals surface area contributed by atoms with Crippen molar-refractivity contribution in [3.63, 3.8) is 0 Å². The smallest absolute Gasteiger partial charge is 0.321 e.